The van der Waals surface area contributed by atoms with Crippen LogP contribution in [0.1, 0.15) is 12.8 Å². The maximum absolute atomic E-state index is 2.85. The van der Waals surface area contributed by atoms with Crippen molar-refractivity contribution in [2.24, 2.45) is 5.92 Å². The van der Waals surface area contributed by atoms with Crippen molar-refractivity contribution in [1.29, 1.82) is 0 Å². The average Bonchev–Trinajstić information content (AvgIpc) is 2.28. The van der Waals surface area contributed by atoms with Crippen LogP contribution in [0.3, 0.4) is 0 Å². The molecule has 0 radical (unpaired) electrons. The maximum Gasteiger partial charge on any atom is 0.0599 e. The van der Waals surface area contributed by atoms with Crippen LogP contribution < -0.4 is 0 Å². The minimum absolute atomic E-state index is 0.457. The molecule has 0 unspecified atom stereocenters. The summed E-state index contributed by atoms with van der Waals surface area (Å²) in [6.45, 7) is 21.6. The lowest BCUT2D eigenvalue weighted by atomic mass is 9.97. The molecule has 0 aliphatic carbocycles. The lowest BCUT2D eigenvalue weighted by molar-refractivity contribution is 0.172. The predicted molar refractivity (Wildman–Crippen MR) is 107 cm³/mol. The van der Waals surface area contributed by atoms with E-state index in [1.165, 1.54) is 51.0 Å². The molecule has 0 aromatic rings. The maximum atomic E-state index is 2.85. The quantitative estimate of drug-likeness (QED) is 0.625. The van der Waals surface area contributed by atoms with Crippen LogP contribution in [0.2, 0.25) is 45.8 Å². The standard InChI is InChI=1S/C16H40N2Si3/c1-19(2)13-18(14-20(3)4)12-16-8-10-17(11-9-16)15-21(5,6)7/h16,19-20H,8-15H2,1-7H3. The smallest absolute Gasteiger partial charge is 0.0599 e. The van der Waals surface area contributed by atoms with Gasteiger partial charge < -0.3 is 9.80 Å². The molecule has 1 saturated heterocycles. The summed E-state index contributed by atoms with van der Waals surface area (Å²) in [6, 6.07) is 0. The highest BCUT2D eigenvalue weighted by molar-refractivity contribution is 6.76. The Morgan fingerprint density at radius 1 is 0.952 bits per heavy atom. The largest absolute Gasteiger partial charge is 0.309 e. The molecule has 126 valence electrons. The lowest BCUT2D eigenvalue weighted by Gasteiger charge is -2.37. The second-order valence-electron chi connectivity index (χ2n) is 9.29. The zero-order valence-electron chi connectivity index (χ0n) is 15.8. The fraction of sp³-hybridized carbons (Fsp3) is 1.00. The molecule has 1 aliphatic rings. The molecule has 5 heteroatoms. The second-order valence-corrected chi connectivity index (χ2v) is 21.0. The van der Waals surface area contributed by atoms with Crippen LogP contribution in [0.15, 0.2) is 0 Å². The van der Waals surface area contributed by atoms with E-state index in [-0.39, 0.29) is 0 Å². The molecule has 1 fully saturated rings. The zero-order valence-corrected chi connectivity index (χ0v) is 19.1. The van der Waals surface area contributed by atoms with Gasteiger partial charge in [-0.05, 0) is 50.4 Å². The third-order valence-corrected chi connectivity index (χ3v) is 8.06. The Morgan fingerprint density at radius 2 is 1.43 bits per heavy atom. The van der Waals surface area contributed by atoms with E-state index in [0.717, 1.165) is 5.92 Å². The molecule has 0 aromatic carbocycles. The van der Waals surface area contributed by atoms with E-state index in [1.54, 1.807) is 0 Å². The fourth-order valence-electron chi connectivity index (χ4n) is 3.62. The number of hydrogen-bond donors (Lipinski definition) is 0. The highest BCUT2D eigenvalue weighted by Crippen LogP contribution is 2.20. The number of nitrogens with zero attached hydrogens (tertiary/aromatic N) is 2. The van der Waals surface area contributed by atoms with E-state index in [0.29, 0.717) is 0 Å². The van der Waals surface area contributed by atoms with Crippen LogP contribution in [0.5, 0.6) is 0 Å². The Labute approximate surface area is 138 Å². The van der Waals surface area contributed by atoms with Crippen LogP contribution in [-0.4, -0.2) is 73.6 Å². The summed E-state index contributed by atoms with van der Waals surface area (Å²) in [5.41, 5.74) is 0. The average molecular weight is 345 g/mol. The van der Waals surface area contributed by atoms with Crippen molar-refractivity contribution in [3.8, 4) is 0 Å². The molecule has 0 spiro atoms. The molecule has 0 amide bonds. The minimum Gasteiger partial charge on any atom is -0.309 e. The molecule has 0 aromatic heterocycles. The van der Waals surface area contributed by atoms with Crippen molar-refractivity contribution in [1.82, 2.24) is 9.80 Å². The number of hydrogen-bond acceptors (Lipinski definition) is 2. The summed E-state index contributed by atoms with van der Waals surface area (Å²) in [5.74, 6) is 0.975. The highest BCUT2D eigenvalue weighted by atomic mass is 28.3. The van der Waals surface area contributed by atoms with Crippen LogP contribution in [0.25, 0.3) is 0 Å². The first-order valence-electron chi connectivity index (χ1n) is 9.10. The van der Waals surface area contributed by atoms with E-state index >= 15 is 0 Å². The summed E-state index contributed by atoms with van der Waals surface area (Å²) in [5, 5.41) is 0. The molecule has 1 heterocycles. The van der Waals surface area contributed by atoms with Crippen LogP contribution in [0, 0.1) is 5.92 Å². The Morgan fingerprint density at radius 3 is 1.81 bits per heavy atom. The highest BCUT2D eigenvalue weighted by Gasteiger charge is 2.25. The van der Waals surface area contributed by atoms with Gasteiger partial charge >= 0.3 is 0 Å². The first kappa shape index (κ1) is 19.6. The van der Waals surface area contributed by atoms with Gasteiger partial charge in [0.15, 0.2) is 0 Å². The van der Waals surface area contributed by atoms with Crippen LogP contribution >= 0.6 is 0 Å². The van der Waals surface area contributed by atoms with Crippen LogP contribution in [0.4, 0.5) is 0 Å². The van der Waals surface area contributed by atoms with Crippen molar-refractivity contribution in [3.05, 3.63) is 0 Å². The van der Waals surface area contributed by atoms with E-state index in [4.69, 9.17) is 0 Å². The minimum atomic E-state index is -0.916. The fourth-order valence-corrected chi connectivity index (χ4v) is 8.24. The monoisotopic (exact) mass is 344 g/mol. The zero-order chi connectivity index (χ0) is 16.0. The molecule has 0 atom stereocenters. The summed E-state index contributed by atoms with van der Waals surface area (Å²) >= 11 is 0. The third kappa shape index (κ3) is 9.33. The van der Waals surface area contributed by atoms with Gasteiger partial charge in [-0.2, -0.15) is 0 Å². The molecule has 1 rings (SSSR count). The SMILES string of the molecule is C[SiH](C)CN(CC1CCN(C[Si](C)(C)C)CC1)C[SiH](C)C. The Balaban J connectivity index is 2.38. The Kier molecular flexibility index (Phi) is 8.42. The van der Waals surface area contributed by atoms with Gasteiger partial charge in [0.1, 0.15) is 0 Å². The van der Waals surface area contributed by atoms with Crippen molar-refractivity contribution >= 4 is 25.7 Å². The molecule has 0 bridgehead atoms. The van der Waals surface area contributed by atoms with Gasteiger partial charge in [-0.25, -0.2) is 0 Å². The molecule has 0 N–H and O–H groups in total. The predicted octanol–water partition coefficient (Wildman–Crippen LogP) is 2.93. The molecule has 1 aliphatic heterocycles. The van der Waals surface area contributed by atoms with Gasteiger partial charge in [0.25, 0.3) is 0 Å². The van der Waals surface area contributed by atoms with Crippen molar-refractivity contribution < 1.29 is 0 Å². The van der Waals surface area contributed by atoms with E-state index in [9.17, 15) is 0 Å². The summed E-state index contributed by atoms with van der Waals surface area (Å²) < 4.78 is 0. The van der Waals surface area contributed by atoms with Gasteiger partial charge in [0.05, 0.1) is 8.07 Å². The molecular formula is C16H40N2Si3. The first-order chi connectivity index (χ1) is 9.65. The first-order valence-corrected chi connectivity index (χ1v) is 19.1. The number of likely N-dealkylation sites (tertiary alicyclic amines) is 1. The number of rotatable bonds is 8. The number of piperidine rings is 1. The Hall–Kier alpha value is 0.571. The molecule has 0 saturated carbocycles. The van der Waals surface area contributed by atoms with E-state index in [2.05, 4.69) is 55.6 Å². The van der Waals surface area contributed by atoms with Crippen molar-refractivity contribution in [2.45, 2.75) is 58.7 Å². The lowest BCUT2D eigenvalue weighted by Crippen LogP contribution is -2.47. The normalized spacial score (nSPS) is 19.1. The van der Waals surface area contributed by atoms with Crippen molar-refractivity contribution in [2.75, 3.05) is 38.1 Å². The summed E-state index contributed by atoms with van der Waals surface area (Å²) in [6.07, 6.45) is 7.18. The Bertz CT molecular complexity index is 272. The van der Waals surface area contributed by atoms with Gasteiger partial charge in [-0.15, -0.1) is 0 Å². The van der Waals surface area contributed by atoms with Gasteiger partial charge in [-0.1, -0.05) is 45.8 Å². The van der Waals surface area contributed by atoms with Crippen molar-refractivity contribution in [3.63, 3.8) is 0 Å². The summed E-state index contributed by atoms with van der Waals surface area (Å²) in [7, 11) is -1.83. The molecular weight excluding hydrogens is 304 g/mol. The summed E-state index contributed by atoms with van der Waals surface area (Å²) in [4.78, 5) is 5.61. The topological polar surface area (TPSA) is 6.48 Å². The second kappa shape index (κ2) is 9.01. The molecule has 2 nitrogen and oxygen atoms in total. The van der Waals surface area contributed by atoms with Gasteiger partial charge in [0.2, 0.25) is 0 Å². The van der Waals surface area contributed by atoms with Gasteiger partial charge in [-0.3, -0.25) is 0 Å². The third-order valence-electron chi connectivity index (χ3n) is 4.17. The van der Waals surface area contributed by atoms with E-state index < -0.39 is 25.7 Å². The molecule has 21 heavy (non-hydrogen) atoms. The van der Waals surface area contributed by atoms with E-state index in [1.807, 2.05) is 0 Å². The van der Waals surface area contributed by atoms with Crippen LogP contribution in [-0.2, 0) is 0 Å². The van der Waals surface area contributed by atoms with Gasteiger partial charge in [0, 0.05) is 24.1 Å².